The molecule has 32 heavy (non-hydrogen) atoms. The van der Waals surface area contributed by atoms with Crippen molar-refractivity contribution in [2.24, 2.45) is 5.10 Å². The maximum Gasteiger partial charge on any atom is 0.307 e. The lowest BCUT2D eigenvalue weighted by molar-refractivity contribution is 0.0929. The molecule has 0 saturated heterocycles. The van der Waals surface area contributed by atoms with Crippen LogP contribution in [0.2, 0.25) is 5.02 Å². The van der Waals surface area contributed by atoms with Crippen LogP contribution in [0.1, 0.15) is 21.7 Å². The summed E-state index contributed by atoms with van der Waals surface area (Å²) in [4.78, 5) is 12.3. The van der Waals surface area contributed by atoms with Gasteiger partial charge in [0.15, 0.2) is 5.76 Å². The van der Waals surface area contributed by atoms with Gasteiger partial charge < -0.3 is 9.15 Å². The number of hydrogen-bond acceptors (Lipinski definition) is 4. The van der Waals surface area contributed by atoms with Gasteiger partial charge in [-0.05, 0) is 127 Å². The van der Waals surface area contributed by atoms with Crippen LogP contribution in [0.4, 0.5) is 0 Å². The summed E-state index contributed by atoms with van der Waals surface area (Å²) < 4.78 is 14.7. The Bertz CT molecular complexity index is 1300. The molecule has 1 amide bonds. The summed E-state index contributed by atoms with van der Waals surface area (Å²) in [6.07, 6.45) is 1.59. The van der Waals surface area contributed by atoms with Crippen molar-refractivity contribution in [2.45, 2.75) is 6.61 Å². The van der Waals surface area contributed by atoms with Gasteiger partial charge in [0.05, 0.1) is 13.4 Å². The third kappa shape index (κ3) is 5.94. The second-order valence-electron chi connectivity index (χ2n) is 6.72. The first-order chi connectivity index (χ1) is 15.4. The number of rotatable bonds is 6. The Hall–Kier alpha value is -1.38. The van der Waals surface area contributed by atoms with E-state index in [2.05, 4.69) is 103 Å². The molecule has 1 N–H and O–H groups in total. The van der Waals surface area contributed by atoms with Crippen LogP contribution < -0.4 is 10.2 Å². The number of nitrogens with zero attached hydrogens (tertiary/aromatic N) is 1. The molecule has 0 bridgehead atoms. The fourth-order valence-corrected chi connectivity index (χ4v) is 5.54. The van der Waals surface area contributed by atoms with Crippen LogP contribution >= 0.6 is 79.4 Å². The highest BCUT2D eigenvalue weighted by molar-refractivity contribution is 14.1. The van der Waals surface area contributed by atoms with Crippen molar-refractivity contribution >= 4 is 102 Å². The predicted molar refractivity (Wildman–Crippen MR) is 152 cm³/mol. The predicted octanol–water partition coefficient (Wildman–Crippen LogP) is 7.24. The van der Waals surface area contributed by atoms with E-state index in [0.29, 0.717) is 17.2 Å². The van der Waals surface area contributed by atoms with E-state index in [9.17, 15) is 4.79 Å². The van der Waals surface area contributed by atoms with Gasteiger partial charge >= 0.3 is 5.91 Å². The first-order valence-corrected chi connectivity index (χ1v) is 12.9. The van der Waals surface area contributed by atoms with Gasteiger partial charge in [-0.3, -0.25) is 4.79 Å². The van der Waals surface area contributed by atoms with E-state index in [0.717, 1.165) is 29.4 Å². The monoisotopic (exact) mass is 782 g/mol. The van der Waals surface area contributed by atoms with Gasteiger partial charge in [0.1, 0.15) is 17.9 Å². The Morgan fingerprint density at radius 1 is 1.03 bits per heavy atom. The lowest BCUT2D eigenvalue weighted by Gasteiger charge is -2.11. The number of amides is 1. The molecule has 0 unspecified atom stereocenters. The molecule has 1 aromatic heterocycles. The average molecular weight is 783 g/mol. The number of ether oxygens (including phenoxy) is 1. The number of carbonyl (C=O) groups is 1. The van der Waals surface area contributed by atoms with E-state index in [-0.39, 0.29) is 5.76 Å². The van der Waals surface area contributed by atoms with Crippen molar-refractivity contribution in [3.63, 3.8) is 0 Å². The van der Waals surface area contributed by atoms with Gasteiger partial charge in [-0.15, -0.1) is 0 Å². The maximum absolute atomic E-state index is 12.3. The highest BCUT2D eigenvalue weighted by Crippen LogP contribution is 2.29. The molecule has 0 spiro atoms. The summed E-state index contributed by atoms with van der Waals surface area (Å²) >= 11 is 12.7. The third-order valence-electron chi connectivity index (χ3n) is 4.40. The van der Waals surface area contributed by atoms with E-state index in [1.54, 1.807) is 30.5 Å². The van der Waals surface area contributed by atoms with E-state index >= 15 is 0 Å². The minimum atomic E-state index is -0.435. The Kier molecular flexibility index (Phi) is 7.95. The maximum atomic E-state index is 12.3. The van der Waals surface area contributed by atoms with Crippen molar-refractivity contribution in [3.8, 4) is 5.75 Å². The normalized spacial score (nSPS) is 11.2. The van der Waals surface area contributed by atoms with E-state index in [1.807, 2.05) is 12.1 Å². The van der Waals surface area contributed by atoms with Gasteiger partial charge in [0, 0.05) is 14.0 Å². The van der Waals surface area contributed by atoms with Crippen LogP contribution in [0.15, 0.2) is 70.2 Å². The molecule has 4 aromatic rings. The van der Waals surface area contributed by atoms with Gasteiger partial charge in [0.2, 0.25) is 0 Å². The van der Waals surface area contributed by atoms with Gasteiger partial charge in [0.25, 0.3) is 0 Å². The largest absolute Gasteiger partial charge is 0.487 e. The molecule has 162 valence electrons. The van der Waals surface area contributed by atoms with Crippen LogP contribution in [-0.4, -0.2) is 12.1 Å². The molecule has 1 heterocycles. The van der Waals surface area contributed by atoms with Crippen molar-refractivity contribution in [2.75, 3.05) is 0 Å². The number of hydrazone groups is 1. The van der Waals surface area contributed by atoms with E-state index in [4.69, 9.17) is 20.8 Å². The molecular weight excluding hydrogens is 768 g/mol. The Balaban J connectivity index is 1.41. The SMILES string of the molecule is O=C(N/N=C/c1cc(I)c(OCc2ccc(I)cc2)c(I)c1)c1cc2cc(Cl)ccc2o1. The second kappa shape index (κ2) is 10.7. The number of carbonyl (C=O) groups excluding carboxylic acids is 1. The lowest BCUT2D eigenvalue weighted by atomic mass is 10.2. The van der Waals surface area contributed by atoms with Crippen molar-refractivity contribution in [3.05, 3.63) is 93.3 Å². The van der Waals surface area contributed by atoms with Crippen LogP contribution in [0.5, 0.6) is 5.75 Å². The Morgan fingerprint density at radius 3 is 2.47 bits per heavy atom. The fraction of sp³-hybridized carbons (Fsp3) is 0.0435. The average Bonchev–Trinajstić information content (AvgIpc) is 3.18. The molecule has 4 rings (SSSR count). The summed E-state index contributed by atoms with van der Waals surface area (Å²) in [5.74, 6) is 0.560. The highest BCUT2D eigenvalue weighted by Gasteiger charge is 2.12. The highest BCUT2D eigenvalue weighted by atomic mass is 127. The Morgan fingerprint density at radius 2 is 1.75 bits per heavy atom. The smallest absolute Gasteiger partial charge is 0.307 e. The number of fused-ring (bicyclic) bond motifs is 1. The molecule has 0 aliphatic rings. The molecule has 9 heteroatoms. The van der Waals surface area contributed by atoms with Gasteiger partial charge in [-0.2, -0.15) is 5.10 Å². The van der Waals surface area contributed by atoms with E-state index in [1.165, 1.54) is 3.57 Å². The molecule has 0 radical (unpaired) electrons. The molecule has 5 nitrogen and oxygen atoms in total. The summed E-state index contributed by atoms with van der Waals surface area (Å²) in [7, 11) is 0. The van der Waals surface area contributed by atoms with Crippen LogP contribution in [0.3, 0.4) is 0 Å². The van der Waals surface area contributed by atoms with Crippen molar-refractivity contribution in [1.29, 1.82) is 0 Å². The number of halogens is 4. The number of hydrogen-bond donors (Lipinski definition) is 1. The fourth-order valence-electron chi connectivity index (χ4n) is 2.87. The first-order valence-electron chi connectivity index (χ1n) is 9.28. The number of nitrogens with one attached hydrogen (secondary N) is 1. The quantitative estimate of drug-likeness (QED) is 0.128. The molecule has 3 aromatic carbocycles. The zero-order valence-corrected chi connectivity index (χ0v) is 23.5. The second-order valence-corrected chi connectivity index (χ2v) is 10.7. The molecule has 0 aliphatic carbocycles. The minimum absolute atomic E-state index is 0.169. The summed E-state index contributed by atoms with van der Waals surface area (Å²) in [6.45, 7) is 0.495. The Labute approximate surface area is 230 Å². The molecule has 0 saturated carbocycles. The molecule has 0 fully saturated rings. The van der Waals surface area contributed by atoms with Crippen molar-refractivity contribution < 1.29 is 13.9 Å². The third-order valence-corrected chi connectivity index (χ3v) is 6.96. The summed E-state index contributed by atoms with van der Waals surface area (Å²) in [5, 5.41) is 5.40. The summed E-state index contributed by atoms with van der Waals surface area (Å²) in [5.41, 5.74) is 5.04. The van der Waals surface area contributed by atoms with Gasteiger partial charge in [-0.25, -0.2) is 5.43 Å². The lowest BCUT2D eigenvalue weighted by Crippen LogP contribution is -2.16. The zero-order valence-electron chi connectivity index (χ0n) is 16.2. The van der Waals surface area contributed by atoms with Crippen LogP contribution in [0, 0.1) is 10.7 Å². The number of furan rings is 1. The van der Waals surface area contributed by atoms with Crippen LogP contribution in [-0.2, 0) is 6.61 Å². The molecule has 0 aliphatic heterocycles. The van der Waals surface area contributed by atoms with Crippen LogP contribution in [0.25, 0.3) is 11.0 Å². The topological polar surface area (TPSA) is 63.8 Å². The number of benzene rings is 3. The first kappa shape index (κ1) is 23.8. The molecular formula is C23H14ClI3N2O3. The van der Waals surface area contributed by atoms with E-state index < -0.39 is 5.91 Å². The minimum Gasteiger partial charge on any atom is -0.487 e. The summed E-state index contributed by atoms with van der Waals surface area (Å²) in [6, 6.07) is 18.9. The molecule has 0 atom stereocenters. The van der Waals surface area contributed by atoms with Gasteiger partial charge in [-0.1, -0.05) is 23.7 Å². The van der Waals surface area contributed by atoms with Crippen molar-refractivity contribution in [1.82, 2.24) is 5.43 Å². The standard InChI is InChI=1S/C23H14ClI3N2O3/c24-16-3-6-20-15(9-16)10-21(32-20)23(30)29-28-11-14-7-18(26)22(19(27)8-14)31-12-13-1-4-17(25)5-2-13/h1-11H,12H2,(H,29,30)/b28-11+. The zero-order chi connectivity index (χ0) is 22.7.